The second-order valence-corrected chi connectivity index (χ2v) is 7.43. The highest BCUT2D eigenvalue weighted by Crippen LogP contribution is 2.27. The molecule has 1 aromatic carbocycles. The average molecular weight is 362 g/mol. The lowest BCUT2D eigenvalue weighted by atomic mass is 10.2. The lowest BCUT2D eigenvalue weighted by Gasteiger charge is -2.09. The van der Waals surface area contributed by atoms with Crippen molar-refractivity contribution in [2.75, 3.05) is 7.11 Å². The zero-order valence-corrected chi connectivity index (χ0v) is 13.3. The third kappa shape index (κ3) is 3.36. The topological polar surface area (TPSA) is 55.4 Å². The summed E-state index contributed by atoms with van der Waals surface area (Å²) in [6, 6.07) is 9.01. The van der Waals surface area contributed by atoms with E-state index in [1.165, 1.54) is 11.3 Å². The number of nitrogens with one attached hydrogen (secondary N) is 1. The third-order valence-electron chi connectivity index (χ3n) is 2.47. The molecule has 0 aliphatic carbocycles. The molecule has 7 heteroatoms. The molecule has 1 aromatic heterocycles. The van der Waals surface area contributed by atoms with E-state index in [1.807, 2.05) is 18.2 Å². The van der Waals surface area contributed by atoms with Gasteiger partial charge in [0.2, 0.25) is 0 Å². The zero-order chi connectivity index (χ0) is 13.9. The number of benzene rings is 1. The molecule has 0 bridgehead atoms. The monoisotopic (exact) mass is 361 g/mol. The van der Waals surface area contributed by atoms with E-state index in [0.717, 1.165) is 5.56 Å². The van der Waals surface area contributed by atoms with Gasteiger partial charge in [0, 0.05) is 16.6 Å². The summed E-state index contributed by atoms with van der Waals surface area (Å²) in [5.41, 5.74) is 0.793. The number of hydrogen-bond acceptors (Lipinski definition) is 4. The van der Waals surface area contributed by atoms with E-state index in [2.05, 4.69) is 20.7 Å². The van der Waals surface area contributed by atoms with Gasteiger partial charge >= 0.3 is 0 Å². The third-order valence-corrected chi connectivity index (χ3v) is 6.54. The first kappa shape index (κ1) is 14.5. The Hall–Kier alpha value is -0.890. The molecule has 0 unspecified atom stereocenters. The van der Waals surface area contributed by atoms with Crippen LogP contribution in [0.25, 0.3) is 0 Å². The number of halogens is 1. The van der Waals surface area contributed by atoms with E-state index >= 15 is 0 Å². The van der Waals surface area contributed by atoms with Gasteiger partial charge in [0.25, 0.3) is 10.0 Å². The molecule has 1 heterocycles. The van der Waals surface area contributed by atoms with Crippen molar-refractivity contribution >= 4 is 37.3 Å². The minimum Gasteiger partial charge on any atom is -0.496 e. The van der Waals surface area contributed by atoms with Crippen LogP contribution in [0.2, 0.25) is 0 Å². The van der Waals surface area contributed by atoms with Crippen LogP contribution in [0.4, 0.5) is 0 Å². The first-order chi connectivity index (χ1) is 9.04. The fourth-order valence-corrected chi connectivity index (χ4v) is 4.95. The number of ether oxygens (including phenoxy) is 1. The molecule has 0 spiro atoms. The molecule has 0 saturated carbocycles. The fraction of sp³-hybridized carbons (Fsp3) is 0.167. The fourth-order valence-electron chi connectivity index (χ4n) is 1.56. The highest BCUT2D eigenvalue weighted by molar-refractivity contribution is 9.10. The number of hydrogen-bond donors (Lipinski definition) is 1. The van der Waals surface area contributed by atoms with Crippen molar-refractivity contribution in [2.45, 2.75) is 10.8 Å². The van der Waals surface area contributed by atoms with Gasteiger partial charge in [-0.25, -0.2) is 13.1 Å². The molecule has 0 aliphatic rings. The molecule has 0 amide bonds. The summed E-state index contributed by atoms with van der Waals surface area (Å²) in [5, 5.41) is 1.72. The van der Waals surface area contributed by atoms with Gasteiger partial charge in [-0.1, -0.05) is 18.2 Å². The second-order valence-electron chi connectivity index (χ2n) is 3.69. The highest BCUT2D eigenvalue weighted by Gasteiger charge is 2.19. The van der Waals surface area contributed by atoms with Gasteiger partial charge in [0.1, 0.15) is 9.96 Å². The first-order valence-corrected chi connectivity index (χ1v) is 8.55. The molecule has 102 valence electrons. The van der Waals surface area contributed by atoms with Gasteiger partial charge < -0.3 is 4.74 Å². The summed E-state index contributed by atoms with van der Waals surface area (Å²) in [4.78, 5) is 0. The van der Waals surface area contributed by atoms with E-state index in [9.17, 15) is 8.42 Å². The van der Waals surface area contributed by atoms with E-state index in [4.69, 9.17) is 4.74 Å². The summed E-state index contributed by atoms with van der Waals surface area (Å²) in [5.74, 6) is 0.662. The maximum absolute atomic E-state index is 12.1. The summed E-state index contributed by atoms with van der Waals surface area (Å²) >= 11 is 4.40. The van der Waals surface area contributed by atoms with Crippen LogP contribution in [0, 0.1) is 0 Å². The predicted octanol–water partition coefficient (Wildman–Crippen LogP) is 3.00. The van der Waals surface area contributed by atoms with Gasteiger partial charge in [0.15, 0.2) is 0 Å². The van der Waals surface area contributed by atoms with Crippen LogP contribution in [0.5, 0.6) is 5.75 Å². The molecule has 0 atom stereocenters. The molecule has 0 saturated heterocycles. The van der Waals surface area contributed by atoms with Crippen molar-refractivity contribution in [3.05, 3.63) is 45.7 Å². The maximum Gasteiger partial charge on any atom is 0.251 e. The summed E-state index contributed by atoms with van der Waals surface area (Å²) < 4.78 is 32.8. The molecule has 19 heavy (non-hydrogen) atoms. The van der Waals surface area contributed by atoms with E-state index < -0.39 is 10.0 Å². The van der Waals surface area contributed by atoms with Gasteiger partial charge in [-0.05, 0) is 33.4 Å². The Bertz CT molecular complexity index is 667. The first-order valence-electron chi connectivity index (χ1n) is 5.39. The molecule has 2 aromatic rings. The van der Waals surface area contributed by atoms with Crippen LogP contribution >= 0.6 is 27.3 Å². The van der Waals surface area contributed by atoms with Crippen LogP contribution in [-0.4, -0.2) is 15.5 Å². The molecule has 0 aliphatic heterocycles. The number of thiophene rings is 1. The van der Waals surface area contributed by atoms with Crippen molar-refractivity contribution in [3.8, 4) is 5.75 Å². The Morgan fingerprint density at radius 3 is 2.68 bits per heavy atom. The summed E-state index contributed by atoms with van der Waals surface area (Å²) in [7, 11) is -1.95. The zero-order valence-electron chi connectivity index (χ0n) is 10.1. The smallest absolute Gasteiger partial charge is 0.251 e. The standard InChI is InChI=1S/C12H12BrNO3S2/c1-17-11-5-3-2-4-9(11)8-14-19(15,16)12-10(13)6-7-18-12/h2-7,14H,8H2,1H3. The molecule has 2 rings (SSSR count). The van der Waals surface area contributed by atoms with E-state index in [1.54, 1.807) is 24.6 Å². The Kier molecular flexibility index (Phi) is 4.62. The van der Waals surface area contributed by atoms with Crippen molar-refractivity contribution in [1.82, 2.24) is 4.72 Å². The van der Waals surface area contributed by atoms with Crippen molar-refractivity contribution in [3.63, 3.8) is 0 Å². The molecule has 0 fully saturated rings. The quantitative estimate of drug-likeness (QED) is 0.890. The van der Waals surface area contributed by atoms with Crippen LogP contribution in [0.15, 0.2) is 44.4 Å². The maximum atomic E-state index is 12.1. The van der Waals surface area contributed by atoms with Gasteiger partial charge in [-0.3, -0.25) is 0 Å². The normalized spacial score (nSPS) is 11.5. The minimum absolute atomic E-state index is 0.191. The molecule has 1 N–H and O–H groups in total. The van der Waals surface area contributed by atoms with Crippen LogP contribution in [-0.2, 0) is 16.6 Å². The summed E-state index contributed by atoms with van der Waals surface area (Å²) in [6.07, 6.45) is 0. The Balaban J connectivity index is 2.17. The van der Waals surface area contributed by atoms with Crippen LogP contribution in [0.1, 0.15) is 5.56 Å². The van der Waals surface area contributed by atoms with E-state index in [-0.39, 0.29) is 10.8 Å². The highest BCUT2D eigenvalue weighted by atomic mass is 79.9. The molecular weight excluding hydrogens is 350 g/mol. The van der Waals surface area contributed by atoms with Gasteiger partial charge in [0.05, 0.1) is 7.11 Å². The van der Waals surface area contributed by atoms with Crippen molar-refractivity contribution in [2.24, 2.45) is 0 Å². The lowest BCUT2D eigenvalue weighted by molar-refractivity contribution is 0.409. The number of rotatable bonds is 5. The van der Waals surface area contributed by atoms with Gasteiger partial charge in [-0.2, -0.15) is 0 Å². The Morgan fingerprint density at radius 2 is 2.05 bits per heavy atom. The number of methoxy groups -OCH3 is 1. The second kappa shape index (κ2) is 6.04. The van der Waals surface area contributed by atoms with Crippen LogP contribution < -0.4 is 9.46 Å². The number of sulfonamides is 1. The Morgan fingerprint density at radius 1 is 1.32 bits per heavy atom. The SMILES string of the molecule is COc1ccccc1CNS(=O)(=O)c1sccc1Br. The predicted molar refractivity (Wildman–Crippen MR) is 79.0 cm³/mol. The number of para-hydroxylation sites is 1. The molecule has 0 radical (unpaired) electrons. The van der Waals surface area contributed by atoms with Gasteiger partial charge in [-0.15, -0.1) is 11.3 Å². The molecule has 4 nitrogen and oxygen atoms in total. The van der Waals surface area contributed by atoms with E-state index in [0.29, 0.717) is 10.2 Å². The minimum atomic E-state index is -3.50. The Labute approximate surface area is 124 Å². The summed E-state index contributed by atoms with van der Waals surface area (Å²) in [6.45, 7) is 0.191. The van der Waals surface area contributed by atoms with Crippen LogP contribution in [0.3, 0.4) is 0 Å². The van der Waals surface area contributed by atoms with Crippen molar-refractivity contribution < 1.29 is 13.2 Å². The average Bonchev–Trinajstić information content (AvgIpc) is 2.84. The lowest BCUT2D eigenvalue weighted by Crippen LogP contribution is -2.22. The molecular formula is C12H12BrNO3S2. The van der Waals surface area contributed by atoms with Crippen molar-refractivity contribution in [1.29, 1.82) is 0 Å². The largest absolute Gasteiger partial charge is 0.496 e.